The van der Waals surface area contributed by atoms with Crippen molar-refractivity contribution < 1.29 is 14.7 Å². The summed E-state index contributed by atoms with van der Waals surface area (Å²) < 4.78 is 0. The summed E-state index contributed by atoms with van der Waals surface area (Å²) >= 11 is 0. The predicted molar refractivity (Wildman–Crippen MR) is 66.7 cm³/mol. The molecule has 102 valence electrons. The van der Waals surface area contributed by atoms with E-state index in [1.165, 1.54) is 0 Å². The molecular formula is C13H22N2O3. The molecule has 0 aromatic rings. The van der Waals surface area contributed by atoms with Crippen LogP contribution in [0.5, 0.6) is 0 Å². The first kappa shape index (κ1) is 13.3. The van der Waals surface area contributed by atoms with Crippen LogP contribution < -0.4 is 5.32 Å². The maximum atomic E-state index is 11.9. The minimum Gasteiger partial charge on any atom is -0.393 e. The number of amides is 2. The highest BCUT2D eigenvalue weighted by Crippen LogP contribution is 2.25. The van der Waals surface area contributed by atoms with Crippen molar-refractivity contribution in [2.24, 2.45) is 11.8 Å². The molecular weight excluding hydrogens is 232 g/mol. The van der Waals surface area contributed by atoms with E-state index < -0.39 is 0 Å². The Kier molecular flexibility index (Phi) is 4.22. The van der Waals surface area contributed by atoms with Gasteiger partial charge < -0.3 is 15.3 Å². The van der Waals surface area contributed by atoms with E-state index in [0.29, 0.717) is 26.1 Å². The first-order chi connectivity index (χ1) is 8.61. The first-order valence-corrected chi connectivity index (χ1v) is 6.85. The molecule has 1 saturated heterocycles. The summed E-state index contributed by atoms with van der Waals surface area (Å²) in [5.41, 5.74) is 0. The van der Waals surface area contributed by atoms with Gasteiger partial charge in [0.15, 0.2) is 0 Å². The van der Waals surface area contributed by atoms with Crippen molar-refractivity contribution in [3.05, 3.63) is 0 Å². The van der Waals surface area contributed by atoms with E-state index in [9.17, 15) is 14.7 Å². The fraction of sp³-hybridized carbons (Fsp3) is 0.846. The molecule has 2 aliphatic rings. The summed E-state index contributed by atoms with van der Waals surface area (Å²) in [6.07, 6.45) is 2.90. The van der Waals surface area contributed by atoms with Gasteiger partial charge in [-0.05, 0) is 19.8 Å². The van der Waals surface area contributed by atoms with Gasteiger partial charge in [0.1, 0.15) is 0 Å². The van der Waals surface area contributed by atoms with Crippen molar-refractivity contribution >= 4 is 11.8 Å². The van der Waals surface area contributed by atoms with E-state index in [0.717, 1.165) is 19.3 Å². The van der Waals surface area contributed by atoms with Gasteiger partial charge in [-0.2, -0.15) is 0 Å². The summed E-state index contributed by atoms with van der Waals surface area (Å²) in [5.74, 6) is 0.00119. The lowest BCUT2D eigenvalue weighted by molar-refractivity contribution is -0.129. The molecule has 0 bridgehead atoms. The average Bonchev–Trinajstić information content (AvgIpc) is 2.92. The predicted octanol–water partition coefficient (Wildman–Crippen LogP) is 0.132. The molecule has 18 heavy (non-hydrogen) atoms. The molecule has 1 heterocycles. The highest BCUT2D eigenvalue weighted by molar-refractivity contribution is 5.89. The van der Waals surface area contributed by atoms with E-state index >= 15 is 0 Å². The van der Waals surface area contributed by atoms with Crippen LogP contribution in [0.4, 0.5) is 0 Å². The zero-order chi connectivity index (χ0) is 13.1. The van der Waals surface area contributed by atoms with E-state index in [-0.39, 0.29) is 29.8 Å². The highest BCUT2D eigenvalue weighted by atomic mass is 16.3. The number of carbonyl (C=O) groups is 2. The Morgan fingerprint density at radius 3 is 2.83 bits per heavy atom. The zero-order valence-electron chi connectivity index (χ0n) is 10.9. The van der Waals surface area contributed by atoms with Gasteiger partial charge >= 0.3 is 0 Å². The van der Waals surface area contributed by atoms with E-state index in [2.05, 4.69) is 5.32 Å². The summed E-state index contributed by atoms with van der Waals surface area (Å²) in [6.45, 7) is 3.67. The summed E-state index contributed by atoms with van der Waals surface area (Å²) in [5, 5.41) is 12.6. The van der Waals surface area contributed by atoms with Crippen molar-refractivity contribution in [2.45, 2.75) is 38.7 Å². The molecule has 1 saturated carbocycles. The summed E-state index contributed by atoms with van der Waals surface area (Å²) in [4.78, 5) is 25.2. The maximum absolute atomic E-state index is 11.9. The van der Waals surface area contributed by atoms with E-state index in [1.807, 2.05) is 6.92 Å². The van der Waals surface area contributed by atoms with Crippen LogP contribution in [0.25, 0.3) is 0 Å². The molecule has 1 aliphatic heterocycles. The van der Waals surface area contributed by atoms with Crippen molar-refractivity contribution in [3.63, 3.8) is 0 Å². The third-order valence-electron chi connectivity index (χ3n) is 4.12. The van der Waals surface area contributed by atoms with Gasteiger partial charge in [0.25, 0.3) is 0 Å². The van der Waals surface area contributed by atoms with E-state index in [4.69, 9.17) is 0 Å². The smallest absolute Gasteiger partial charge is 0.225 e. The van der Waals surface area contributed by atoms with Crippen LogP contribution in [0.3, 0.4) is 0 Å². The second-order valence-electron chi connectivity index (χ2n) is 5.34. The largest absolute Gasteiger partial charge is 0.393 e. The number of rotatable bonds is 4. The number of nitrogens with zero attached hydrogens (tertiary/aromatic N) is 1. The lowest BCUT2D eigenvalue weighted by atomic mass is 10.0. The molecule has 5 heteroatoms. The zero-order valence-corrected chi connectivity index (χ0v) is 10.9. The van der Waals surface area contributed by atoms with Crippen LogP contribution in [0.15, 0.2) is 0 Å². The van der Waals surface area contributed by atoms with Gasteiger partial charge in [0.2, 0.25) is 11.8 Å². The standard InChI is InChI=1S/C13H22N2O3/c1-2-15-8-10(6-12(15)17)13(18)14-7-9-4-3-5-11(9)16/h9-11,16H,2-8H2,1H3,(H,14,18). The summed E-state index contributed by atoms with van der Waals surface area (Å²) in [6, 6.07) is 0. The average molecular weight is 254 g/mol. The number of nitrogens with one attached hydrogen (secondary N) is 1. The number of hydrogen-bond donors (Lipinski definition) is 2. The molecule has 1 aliphatic carbocycles. The second-order valence-corrected chi connectivity index (χ2v) is 5.34. The monoisotopic (exact) mass is 254 g/mol. The number of hydrogen-bond acceptors (Lipinski definition) is 3. The molecule has 0 radical (unpaired) electrons. The minimum atomic E-state index is -0.275. The van der Waals surface area contributed by atoms with Crippen LogP contribution in [0, 0.1) is 11.8 Å². The molecule has 2 N–H and O–H groups in total. The van der Waals surface area contributed by atoms with Gasteiger partial charge in [-0.3, -0.25) is 9.59 Å². The number of carbonyl (C=O) groups excluding carboxylic acids is 2. The van der Waals surface area contributed by atoms with Crippen LogP contribution in [0.2, 0.25) is 0 Å². The van der Waals surface area contributed by atoms with Gasteiger partial charge in [-0.1, -0.05) is 6.42 Å². The van der Waals surface area contributed by atoms with Crippen LogP contribution in [-0.2, 0) is 9.59 Å². The third-order valence-corrected chi connectivity index (χ3v) is 4.12. The number of aliphatic hydroxyl groups is 1. The van der Waals surface area contributed by atoms with Crippen molar-refractivity contribution in [1.82, 2.24) is 10.2 Å². The third kappa shape index (κ3) is 2.83. The Morgan fingerprint density at radius 2 is 2.28 bits per heavy atom. The molecule has 2 amide bonds. The quantitative estimate of drug-likeness (QED) is 0.749. The Bertz CT molecular complexity index is 332. The molecule has 5 nitrogen and oxygen atoms in total. The molecule has 0 aromatic carbocycles. The molecule has 0 aromatic heterocycles. The highest BCUT2D eigenvalue weighted by Gasteiger charge is 2.34. The molecule has 3 unspecified atom stereocenters. The second kappa shape index (κ2) is 5.69. The fourth-order valence-electron chi connectivity index (χ4n) is 2.88. The van der Waals surface area contributed by atoms with Gasteiger partial charge in [-0.15, -0.1) is 0 Å². The fourth-order valence-corrected chi connectivity index (χ4v) is 2.88. The Labute approximate surface area is 108 Å². The van der Waals surface area contributed by atoms with Crippen LogP contribution >= 0.6 is 0 Å². The Morgan fingerprint density at radius 1 is 1.50 bits per heavy atom. The number of likely N-dealkylation sites (tertiary alicyclic amines) is 1. The van der Waals surface area contributed by atoms with Crippen molar-refractivity contribution in [3.8, 4) is 0 Å². The lowest BCUT2D eigenvalue weighted by Gasteiger charge is -2.17. The van der Waals surface area contributed by atoms with Gasteiger partial charge in [0.05, 0.1) is 12.0 Å². The normalized spacial score (nSPS) is 32.0. The minimum absolute atomic E-state index is 0.0431. The topological polar surface area (TPSA) is 69.6 Å². The van der Waals surface area contributed by atoms with Gasteiger partial charge in [0, 0.05) is 32.0 Å². The van der Waals surface area contributed by atoms with Crippen molar-refractivity contribution in [1.29, 1.82) is 0 Å². The van der Waals surface area contributed by atoms with Crippen LogP contribution in [0.1, 0.15) is 32.6 Å². The maximum Gasteiger partial charge on any atom is 0.225 e. The van der Waals surface area contributed by atoms with Crippen molar-refractivity contribution in [2.75, 3.05) is 19.6 Å². The van der Waals surface area contributed by atoms with E-state index in [1.54, 1.807) is 4.90 Å². The SMILES string of the molecule is CCN1CC(C(=O)NCC2CCCC2O)CC1=O. The summed E-state index contributed by atoms with van der Waals surface area (Å²) in [7, 11) is 0. The first-order valence-electron chi connectivity index (χ1n) is 6.85. The van der Waals surface area contributed by atoms with Gasteiger partial charge in [-0.25, -0.2) is 0 Å². The molecule has 2 rings (SSSR count). The number of aliphatic hydroxyl groups excluding tert-OH is 1. The Hall–Kier alpha value is -1.10. The molecule has 3 atom stereocenters. The lowest BCUT2D eigenvalue weighted by Crippen LogP contribution is -2.37. The molecule has 2 fully saturated rings. The van der Waals surface area contributed by atoms with Crippen LogP contribution in [-0.4, -0.2) is 47.6 Å². The Balaban J connectivity index is 1.77. The molecule has 0 spiro atoms.